The summed E-state index contributed by atoms with van der Waals surface area (Å²) < 4.78 is 47.9. The SMILES string of the molecule is COc1cccc(-c2nnc(N(CC[Si](C)(C)C)S(=O)(=O)CC(O)c3ccc(Cl)cc3)n2-c2c(OC)cccc2OC)n1. The molecule has 0 radical (unpaired) electrons. The molecule has 0 bridgehead atoms. The van der Waals surface area contributed by atoms with Crippen molar-refractivity contribution in [1.82, 2.24) is 19.7 Å². The van der Waals surface area contributed by atoms with Crippen LogP contribution in [0, 0.1) is 0 Å². The molecule has 2 heterocycles. The van der Waals surface area contributed by atoms with Gasteiger partial charge in [0.25, 0.3) is 0 Å². The van der Waals surface area contributed by atoms with Gasteiger partial charge in [-0.15, -0.1) is 10.2 Å². The lowest BCUT2D eigenvalue weighted by molar-refractivity contribution is 0.201. The van der Waals surface area contributed by atoms with Crippen LogP contribution in [0.2, 0.25) is 30.7 Å². The molecule has 230 valence electrons. The van der Waals surface area contributed by atoms with Gasteiger partial charge < -0.3 is 19.3 Å². The van der Waals surface area contributed by atoms with Crippen LogP contribution in [0.15, 0.2) is 60.7 Å². The zero-order chi connectivity index (χ0) is 31.4. The molecule has 11 nitrogen and oxygen atoms in total. The zero-order valence-corrected chi connectivity index (χ0v) is 27.6. The van der Waals surface area contributed by atoms with E-state index in [0.717, 1.165) is 0 Å². The Labute approximate surface area is 258 Å². The minimum atomic E-state index is -4.18. The Hall–Kier alpha value is -3.65. The molecule has 0 aliphatic heterocycles. The highest BCUT2D eigenvalue weighted by Crippen LogP contribution is 2.39. The number of pyridine rings is 1. The first-order valence-corrected chi connectivity index (χ1v) is 19.2. The van der Waals surface area contributed by atoms with Crippen molar-refractivity contribution < 1.29 is 27.7 Å². The quantitative estimate of drug-likeness (QED) is 0.195. The number of anilines is 1. The maximum atomic E-state index is 14.2. The predicted octanol–water partition coefficient (Wildman–Crippen LogP) is 5.22. The van der Waals surface area contributed by atoms with Gasteiger partial charge in [-0.2, -0.15) is 0 Å². The molecule has 0 spiro atoms. The van der Waals surface area contributed by atoms with E-state index in [2.05, 4.69) is 34.8 Å². The van der Waals surface area contributed by atoms with Gasteiger partial charge in [-0.1, -0.05) is 55.5 Å². The van der Waals surface area contributed by atoms with E-state index in [1.165, 1.54) is 25.6 Å². The van der Waals surface area contributed by atoms with E-state index in [4.69, 9.17) is 25.8 Å². The average molecular weight is 646 g/mol. The number of para-hydroxylation sites is 1. The van der Waals surface area contributed by atoms with Crippen LogP contribution in [0.3, 0.4) is 0 Å². The Morgan fingerprint density at radius 1 is 0.930 bits per heavy atom. The summed E-state index contributed by atoms with van der Waals surface area (Å²) in [6.07, 6.45) is -1.31. The van der Waals surface area contributed by atoms with E-state index in [-0.39, 0.29) is 18.3 Å². The number of ether oxygens (including phenoxy) is 3. The molecule has 1 N–H and O–H groups in total. The number of sulfonamides is 1. The molecule has 2 aromatic heterocycles. The van der Waals surface area contributed by atoms with Crippen molar-refractivity contribution in [3.8, 4) is 34.6 Å². The van der Waals surface area contributed by atoms with Crippen LogP contribution in [0.25, 0.3) is 17.2 Å². The lowest BCUT2D eigenvalue weighted by Crippen LogP contribution is -2.40. The number of hydrogen-bond donors (Lipinski definition) is 1. The second kappa shape index (κ2) is 13.3. The summed E-state index contributed by atoms with van der Waals surface area (Å²) in [5, 5.41) is 20.3. The first-order chi connectivity index (χ1) is 20.4. The lowest BCUT2D eigenvalue weighted by atomic mass is 10.1. The first kappa shape index (κ1) is 32.3. The highest BCUT2D eigenvalue weighted by Gasteiger charge is 2.34. The Morgan fingerprint density at radius 2 is 1.56 bits per heavy atom. The van der Waals surface area contributed by atoms with Gasteiger partial charge in [0.05, 0.1) is 33.2 Å². The molecule has 0 saturated heterocycles. The summed E-state index contributed by atoms with van der Waals surface area (Å²) >= 11 is 6.01. The second-order valence-electron chi connectivity index (χ2n) is 11.0. The third-order valence-corrected chi connectivity index (χ3v) is 10.4. The van der Waals surface area contributed by atoms with Crippen molar-refractivity contribution in [3.05, 3.63) is 71.2 Å². The van der Waals surface area contributed by atoms with E-state index in [1.54, 1.807) is 65.2 Å². The smallest absolute Gasteiger partial charge is 0.246 e. The Balaban J connectivity index is 1.95. The molecule has 43 heavy (non-hydrogen) atoms. The number of halogens is 1. The summed E-state index contributed by atoms with van der Waals surface area (Å²) in [7, 11) is -1.43. The van der Waals surface area contributed by atoms with Crippen LogP contribution in [0.1, 0.15) is 11.7 Å². The molecule has 14 heteroatoms. The summed E-state index contributed by atoms with van der Waals surface area (Å²) in [6, 6.07) is 17.4. The van der Waals surface area contributed by atoms with Crippen molar-refractivity contribution in [2.24, 2.45) is 0 Å². The fraction of sp³-hybridized carbons (Fsp3) is 0.345. The minimum absolute atomic E-state index is 0.00368. The Morgan fingerprint density at radius 3 is 2.14 bits per heavy atom. The number of methoxy groups -OCH3 is 3. The molecule has 0 fully saturated rings. The average Bonchev–Trinajstić information content (AvgIpc) is 3.40. The van der Waals surface area contributed by atoms with E-state index in [1.807, 2.05) is 0 Å². The number of aliphatic hydroxyl groups excluding tert-OH is 1. The maximum absolute atomic E-state index is 14.2. The Kier molecular flexibility index (Phi) is 10.0. The van der Waals surface area contributed by atoms with Gasteiger partial charge in [-0.05, 0) is 41.9 Å². The molecule has 1 atom stereocenters. The fourth-order valence-corrected chi connectivity index (χ4v) is 7.08. The highest BCUT2D eigenvalue weighted by atomic mass is 35.5. The summed E-state index contributed by atoms with van der Waals surface area (Å²) in [5.41, 5.74) is 1.20. The lowest BCUT2D eigenvalue weighted by Gasteiger charge is -2.28. The molecule has 0 aliphatic rings. The number of hydrogen-bond acceptors (Lipinski definition) is 9. The van der Waals surface area contributed by atoms with Gasteiger partial charge in [0, 0.05) is 25.7 Å². The third-order valence-electron chi connectivity index (χ3n) is 6.68. The van der Waals surface area contributed by atoms with Gasteiger partial charge in [0.2, 0.25) is 21.9 Å². The molecule has 4 aromatic rings. The van der Waals surface area contributed by atoms with Gasteiger partial charge in [0.1, 0.15) is 22.9 Å². The predicted molar refractivity (Wildman–Crippen MR) is 170 cm³/mol. The molecule has 1 unspecified atom stereocenters. The number of rotatable bonds is 13. The van der Waals surface area contributed by atoms with Gasteiger partial charge in [-0.3, -0.25) is 4.57 Å². The monoisotopic (exact) mass is 645 g/mol. The topological polar surface area (TPSA) is 129 Å². The number of nitrogens with zero attached hydrogens (tertiary/aromatic N) is 5. The summed E-state index contributed by atoms with van der Waals surface area (Å²) in [5.74, 6) is 0.784. The van der Waals surface area contributed by atoms with Crippen molar-refractivity contribution >= 4 is 35.6 Å². The minimum Gasteiger partial charge on any atom is -0.494 e. The van der Waals surface area contributed by atoms with Crippen LogP contribution < -0.4 is 18.5 Å². The van der Waals surface area contributed by atoms with E-state index in [9.17, 15) is 13.5 Å². The number of benzene rings is 2. The molecule has 2 aromatic carbocycles. The summed E-state index contributed by atoms with van der Waals surface area (Å²) in [6.45, 7) is 6.58. The van der Waals surface area contributed by atoms with Crippen LogP contribution >= 0.6 is 11.6 Å². The largest absolute Gasteiger partial charge is 0.494 e. The van der Waals surface area contributed by atoms with Crippen molar-refractivity contribution in [3.63, 3.8) is 0 Å². The van der Waals surface area contributed by atoms with Gasteiger partial charge in [-0.25, -0.2) is 17.7 Å². The maximum Gasteiger partial charge on any atom is 0.246 e. The number of aromatic nitrogens is 4. The van der Waals surface area contributed by atoms with Crippen molar-refractivity contribution in [2.45, 2.75) is 31.8 Å². The standard InChI is InChI=1S/C29H36ClN5O6SSi/c1-39-24-10-8-11-25(40-2)27(24)35-28(22-9-7-12-26(31-22)41-3)32-33-29(35)34(17-18-43(4,5)6)42(37,38)19-23(36)20-13-15-21(30)16-14-20/h7-16,23,36H,17-19H2,1-6H3. The van der Waals surface area contributed by atoms with Crippen LogP contribution in [-0.4, -0.2) is 75.0 Å². The van der Waals surface area contributed by atoms with Crippen LogP contribution in [0.5, 0.6) is 17.4 Å². The van der Waals surface area contributed by atoms with Crippen LogP contribution in [0.4, 0.5) is 5.95 Å². The molecular formula is C29H36ClN5O6SSi. The van der Waals surface area contributed by atoms with E-state index >= 15 is 0 Å². The second-order valence-corrected chi connectivity index (χ2v) is 19.0. The molecule has 0 aliphatic carbocycles. The summed E-state index contributed by atoms with van der Waals surface area (Å²) in [4.78, 5) is 4.53. The van der Waals surface area contributed by atoms with Crippen molar-refractivity contribution in [1.29, 1.82) is 0 Å². The fourth-order valence-electron chi connectivity index (χ4n) is 4.39. The van der Waals surface area contributed by atoms with E-state index in [0.29, 0.717) is 45.4 Å². The van der Waals surface area contributed by atoms with Gasteiger partial charge >= 0.3 is 0 Å². The highest BCUT2D eigenvalue weighted by molar-refractivity contribution is 7.92. The third kappa shape index (κ3) is 7.47. The molecule has 0 amide bonds. The molecule has 4 rings (SSSR count). The number of aliphatic hydroxyl groups is 1. The molecule has 0 saturated carbocycles. The Bertz CT molecular complexity index is 1640. The van der Waals surface area contributed by atoms with Crippen LogP contribution in [-0.2, 0) is 10.0 Å². The van der Waals surface area contributed by atoms with Crippen molar-refractivity contribution in [2.75, 3.05) is 37.9 Å². The normalized spacial score (nSPS) is 12.6. The van der Waals surface area contributed by atoms with Gasteiger partial charge in [0.15, 0.2) is 5.82 Å². The first-order valence-electron chi connectivity index (χ1n) is 13.5. The van der Waals surface area contributed by atoms with E-state index < -0.39 is 30.0 Å². The molecular weight excluding hydrogens is 610 g/mol. The zero-order valence-electron chi connectivity index (χ0n) is 25.0.